The van der Waals surface area contributed by atoms with Gasteiger partial charge in [-0.1, -0.05) is 26.2 Å². The van der Waals surface area contributed by atoms with Gasteiger partial charge >= 0.3 is 6.18 Å². The summed E-state index contributed by atoms with van der Waals surface area (Å²) in [6.45, 7) is 2.16. The number of halogens is 3. The molecule has 108 valence electrons. The Morgan fingerprint density at radius 2 is 2.16 bits per heavy atom. The second-order valence-electron chi connectivity index (χ2n) is 5.39. The van der Waals surface area contributed by atoms with Crippen molar-refractivity contribution in [1.29, 1.82) is 0 Å². The summed E-state index contributed by atoms with van der Waals surface area (Å²) in [6, 6.07) is 0. The van der Waals surface area contributed by atoms with Gasteiger partial charge in [0, 0.05) is 11.1 Å². The molecule has 0 amide bonds. The highest BCUT2D eigenvalue weighted by atomic mass is 32.1. The minimum absolute atomic E-state index is 0.580. The van der Waals surface area contributed by atoms with Crippen LogP contribution in [0.15, 0.2) is 6.20 Å². The number of nitrogens with two attached hydrogens (primary N) is 1. The van der Waals surface area contributed by atoms with Crippen LogP contribution in [0, 0.1) is 5.92 Å². The Morgan fingerprint density at radius 3 is 2.74 bits per heavy atom. The third-order valence-corrected chi connectivity index (χ3v) is 5.31. The number of alkyl halides is 3. The minimum atomic E-state index is -4.37. The molecule has 1 fully saturated rings. The van der Waals surface area contributed by atoms with Crippen LogP contribution in [0.1, 0.15) is 55.3 Å². The highest BCUT2D eigenvalue weighted by Crippen LogP contribution is 2.41. The van der Waals surface area contributed by atoms with Gasteiger partial charge in [-0.05, 0) is 25.2 Å². The molecule has 2 N–H and O–H groups in total. The quantitative estimate of drug-likeness (QED) is 0.825. The predicted molar refractivity (Wildman–Crippen MR) is 69.8 cm³/mol. The summed E-state index contributed by atoms with van der Waals surface area (Å²) in [6.07, 6.45) is 2.68. The molecule has 2 nitrogen and oxygen atoms in total. The molecule has 6 heteroatoms. The Bertz CT molecular complexity index is 430. The summed E-state index contributed by atoms with van der Waals surface area (Å²) in [7, 11) is 0. The number of rotatable bonds is 2. The number of thiazole rings is 1. The van der Waals surface area contributed by atoms with E-state index in [0.29, 0.717) is 22.1 Å². The predicted octanol–water partition coefficient (Wildman–Crippen LogP) is 4.31. The Hall–Kier alpha value is -0.620. The number of hydrogen-bond donors (Lipinski definition) is 1. The van der Waals surface area contributed by atoms with Crippen molar-refractivity contribution < 1.29 is 13.2 Å². The number of nitrogens with zero attached hydrogens (tertiary/aromatic N) is 1. The molecule has 0 radical (unpaired) electrons. The lowest BCUT2D eigenvalue weighted by molar-refractivity contribution is -0.137. The van der Waals surface area contributed by atoms with E-state index in [4.69, 9.17) is 5.73 Å². The summed E-state index contributed by atoms with van der Waals surface area (Å²) in [5, 5.41) is -0.788. The molecule has 0 saturated heterocycles. The first-order valence-corrected chi connectivity index (χ1v) is 7.49. The number of hydrogen-bond acceptors (Lipinski definition) is 3. The molecule has 19 heavy (non-hydrogen) atoms. The first-order valence-electron chi connectivity index (χ1n) is 6.67. The molecule has 0 spiro atoms. The average molecular weight is 292 g/mol. The van der Waals surface area contributed by atoms with Gasteiger partial charge in [0.25, 0.3) is 0 Å². The van der Waals surface area contributed by atoms with Crippen LogP contribution in [0.2, 0.25) is 0 Å². The van der Waals surface area contributed by atoms with E-state index in [9.17, 15) is 13.2 Å². The van der Waals surface area contributed by atoms with Gasteiger partial charge in [-0.25, -0.2) is 4.98 Å². The Kier molecular flexibility index (Phi) is 4.20. The maximum Gasteiger partial charge on any atom is 0.443 e. The van der Waals surface area contributed by atoms with Crippen molar-refractivity contribution in [2.45, 2.75) is 57.2 Å². The van der Waals surface area contributed by atoms with Gasteiger partial charge in [0.2, 0.25) is 0 Å². The topological polar surface area (TPSA) is 38.9 Å². The first-order chi connectivity index (χ1) is 8.85. The molecule has 1 saturated carbocycles. The Balaban J connectivity index is 2.17. The van der Waals surface area contributed by atoms with E-state index in [-0.39, 0.29) is 0 Å². The molecule has 2 rings (SSSR count). The molecular weight excluding hydrogens is 273 g/mol. The minimum Gasteiger partial charge on any atom is -0.321 e. The molecule has 1 aromatic heterocycles. The van der Waals surface area contributed by atoms with Gasteiger partial charge in [0.15, 0.2) is 5.01 Å². The van der Waals surface area contributed by atoms with E-state index in [2.05, 4.69) is 11.9 Å². The lowest BCUT2D eigenvalue weighted by Gasteiger charge is -2.26. The molecule has 1 aromatic rings. The maximum atomic E-state index is 12.6. The van der Waals surface area contributed by atoms with Crippen LogP contribution in [0.5, 0.6) is 0 Å². The van der Waals surface area contributed by atoms with Crippen LogP contribution in [-0.4, -0.2) is 4.98 Å². The molecule has 0 bridgehead atoms. The smallest absolute Gasteiger partial charge is 0.321 e. The normalized spacial score (nSPS) is 29.2. The van der Waals surface area contributed by atoms with E-state index >= 15 is 0 Å². The zero-order chi connectivity index (χ0) is 14.1. The third kappa shape index (κ3) is 3.28. The second-order valence-corrected chi connectivity index (χ2v) is 6.42. The van der Waals surface area contributed by atoms with Crippen LogP contribution < -0.4 is 5.73 Å². The second kappa shape index (κ2) is 5.40. The zero-order valence-electron chi connectivity index (χ0n) is 11.0. The Morgan fingerprint density at radius 1 is 1.42 bits per heavy atom. The largest absolute Gasteiger partial charge is 0.443 e. The molecule has 0 aliphatic heterocycles. The lowest BCUT2D eigenvalue weighted by Crippen LogP contribution is -2.35. The summed E-state index contributed by atoms with van der Waals surface area (Å²) in [5.41, 5.74) is 5.74. The van der Waals surface area contributed by atoms with E-state index < -0.39 is 16.7 Å². The maximum absolute atomic E-state index is 12.6. The van der Waals surface area contributed by atoms with E-state index in [1.165, 1.54) is 6.20 Å². The van der Waals surface area contributed by atoms with Crippen LogP contribution in [0.3, 0.4) is 0 Å². The average Bonchev–Trinajstić information content (AvgIpc) is 2.76. The summed E-state index contributed by atoms with van der Waals surface area (Å²) in [5.74, 6) is 0.653. The van der Waals surface area contributed by atoms with E-state index in [1.54, 1.807) is 0 Å². The molecule has 2 unspecified atom stereocenters. The fourth-order valence-electron chi connectivity index (χ4n) is 2.73. The van der Waals surface area contributed by atoms with Crippen LogP contribution in [-0.2, 0) is 11.7 Å². The van der Waals surface area contributed by atoms with Gasteiger partial charge in [0.05, 0.1) is 5.54 Å². The van der Waals surface area contributed by atoms with Gasteiger partial charge in [-0.15, -0.1) is 11.3 Å². The van der Waals surface area contributed by atoms with Gasteiger partial charge in [-0.3, -0.25) is 0 Å². The molecule has 1 aliphatic rings. The first kappa shape index (κ1) is 14.8. The van der Waals surface area contributed by atoms with Crippen LogP contribution in [0.4, 0.5) is 13.2 Å². The highest BCUT2D eigenvalue weighted by molar-refractivity contribution is 7.11. The SMILES string of the molecule is CCC1CCCC(N)(c2cnc(C(F)(F)F)s2)CC1. The fourth-order valence-corrected chi connectivity index (χ4v) is 3.67. The van der Waals surface area contributed by atoms with Crippen molar-refractivity contribution >= 4 is 11.3 Å². The van der Waals surface area contributed by atoms with E-state index in [1.807, 2.05) is 0 Å². The molecule has 2 atom stereocenters. The lowest BCUT2D eigenvalue weighted by atomic mass is 9.89. The van der Waals surface area contributed by atoms with Crippen molar-refractivity contribution in [3.63, 3.8) is 0 Å². The van der Waals surface area contributed by atoms with Crippen molar-refractivity contribution in [3.8, 4) is 0 Å². The van der Waals surface area contributed by atoms with Crippen molar-refractivity contribution in [2.24, 2.45) is 11.7 Å². The van der Waals surface area contributed by atoms with Crippen molar-refractivity contribution in [1.82, 2.24) is 4.98 Å². The van der Waals surface area contributed by atoms with Gasteiger partial charge < -0.3 is 5.73 Å². The van der Waals surface area contributed by atoms with Gasteiger partial charge in [-0.2, -0.15) is 13.2 Å². The summed E-state index contributed by atoms with van der Waals surface area (Å²) >= 11 is 0.702. The fraction of sp³-hybridized carbons (Fsp3) is 0.769. The summed E-state index contributed by atoms with van der Waals surface area (Å²) < 4.78 is 37.8. The Labute approximate surface area is 115 Å². The molecule has 1 heterocycles. The summed E-state index contributed by atoms with van der Waals surface area (Å²) in [4.78, 5) is 4.07. The molecule has 1 aliphatic carbocycles. The van der Waals surface area contributed by atoms with Crippen LogP contribution in [0.25, 0.3) is 0 Å². The van der Waals surface area contributed by atoms with Crippen molar-refractivity contribution in [2.75, 3.05) is 0 Å². The monoisotopic (exact) mass is 292 g/mol. The van der Waals surface area contributed by atoms with E-state index in [0.717, 1.165) is 38.5 Å². The third-order valence-electron chi connectivity index (χ3n) is 4.05. The van der Waals surface area contributed by atoms with Crippen molar-refractivity contribution in [3.05, 3.63) is 16.1 Å². The zero-order valence-corrected chi connectivity index (χ0v) is 11.8. The van der Waals surface area contributed by atoms with Crippen LogP contribution >= 0.6 is 11.3 Å². The molecule has 0 aromatic carbocycles. The number of aromatic nitrogens is 1. The molecular formula is C13H19F3N2S. The van der Waals surface area contributed by atoms with Gasteiger partial charge in [0.1, 0.15) is 0 Å². The highest BCUT2D eigenvalue weighted by Gasteiger charge is 2.38. The standard InChI is InChI=1S/C13H19F3N2S/c1-2-9-4-3-6-12(17,7-5-9)10-8-18-11(19-10)13(14,15)16/h8-9H,2-7,17H2,1H3.